The Morgan fingerprint density at radius 1 is 1.19 bits per heavy atom. The Hall–Kier alpha value is -1.15. The van der Waals surface area contributed by atoms with Crippen LogP contribution in [0.5, 0.6) is 0 Å². The molecule has 0 aliphatic carbocycles. The predicted molar refractivity (Wildman–Crippen MR) is 111 cm³/mol. The Balaban J connectivity index is 1.91. The highest BCUT2D eigenvalue weighted by Gasteiger charge is 2.42. The average Bonchev–Trinajstić information content (AvgIpc) is 2.60. The molecule has 27 heavy (non-hydrogen) atoms. The fraction of sp³-hybridized carbons (Fsp3) is 0.650. The van der Waals surface area contributed by atoms with Crippen LogP contribution < -0.4 is 5.46 Å². The number of benzene rings is 1. The van der Waals surface area contributed by atoms with Crippen molar-refractivity contribution in [2.24, 2.45) is 5.41 Å². The first-order valence-corrected chi connectivity index (χ1v) is 12.5. The maximum absolute atomic E-state index is 11.7. The van der Waals surface area contributed by atoms with E-state index in [1.54, 1.807) is 19.1 Å². The maximum Gasteiger partial charge on any atom is 0.493 e. The Bertz CT molecular complexity index is 631. The average molecular weight is 392 g/mol. The van der Waals surface area contributed by atoms with Crippen LogP contribution in [0.3, 0.4) is 0 Å². The van der Waals surface area contributed by atoms with Crippen molar-refractivity contribution in [1.29, 1.82) is 0 Å². The van der Waals surface area contributed by atoms with E-state index < -0.39 is 15.4 Å². The molecular weight excluding hydrogens is 359 g/mol. The van der Waals surface area contributed by atoms with Crippen molar-refractivity contribution in [3.63, 3.8) is 0 Å². The molecule has 1 aromatic rings. The highest BCUT2D eigenvalue weighted by atomic mass is 28.4. The van der Waals surface area contributed by atoms with Gasteiger partial charge in [-0.15, -0.1) is 0 Å². The molecule has 1 aromatic carbocycles. The molecule has 0 spiro atoms. The smallest absolute Gasteiger partial charge is 0.462 e. The number of hydrogen-bond donors (Lipinski definition) is 0. The lowest BCUT2D eigenvalue weighted by Crippen LogP contribution is -2.52. The van der Waals surface area contributed by atoms with Crippen molar-refractivity contribution in [2.75, 3.05) is 26.4 Å². The monoisotopic (exact) mass is 392 g/mol. The first-order chi connectivity index (χ1) is 12.5. The van der Waals surface area contributed by atoms with Gasteiger partial charge < -0.3 is 18.5 Å². The van der Waals surface area contributed by atoms with Gasteiger partial charge >= 0.3 is 13.1 Å². The third-order valence-electron chi connectivity index (χ3n) is 5.45. The van der Waals surface area contributed by atoms with E-state index in [2.05, 4.69) is 40.8 Å². The lowest BCUT2D eigenvalue weighted by molar-refractivity contribution is -0.0110. The van der Waals surface area contributed by atoms with Crippen LogP contribution in [-0.2, 0) is 18.5 Å². The van der Waals surface area contributed by atoms with Gasteiger partial charge in [0, 0.05) is 25.2 Å². The van der Waals surface area contributed by atoms with E-state index in [4.69, 9.17) is 18.5 Å². The van der Waals surface area contributed by atoms with Crippen molar-refractivity contribution >= 4 is 26.9 Å². The molecule has 0 unspecified atom stereocenters. The lowest BCUT2D eigenvalue weighted by atomic mass is 9.75. The van der Waals surface area contributed by atoms with Gasteiger partial charge in [-0.25, -0.2) is 4.79 Å². The molecule has 1 aliphatic heterocycles. The van der Waals surface area contributed by atoms with Gasteiger partial charge in [0.05, 0.1) is 12.2 Å². The van der Waals surface area contributed by atoms with Crippen LogP contribution in [0, 0.1) is 5.41 Å². The molecule has 0 radical (unpaired) electrons. The van der Waals surface area contributed by atoms with Crippen LogP contribution in [0.25, 0.3) is 0 Å². The number of ether oxygens (including phenoxy) is 1. The molecule has 150 valence electrons. The Morgan fingerprint density at radius 3 is 2.22 bits per heavy atom. The van der Waals surface area contributed by atoms with Crippen LogP contribution in [-0.4, -0.2) is 47.8 Å². The summed E-state index contributed by atoms with van der Waals surface area (Å²) in [6, 6.07) is 7.19. The van der Waals surface area contributed by atoms with Crippen molar-refractivity contribution in [1.82, 2.24) is 0 Å². The normalized spacial score (nSPS) is 17.7. The quantitative estimate of drug-likeness (QED) is 0.547. The summed E-state index contributed by atoms with van der Waals surface area (Å²) in [4.78, 5) is 11.7. The minimum absolute atomic E-state index is 0.156. The molecule has 1 aliphatic rings. The first kappa shape index (κ1) is 22.1. The van der Waals surface area contributed by atoms with Gasteiger partial charge in [0.25, 0.3) is 0 Å². The summed E-state index contributed by atoms with van der Waals surface area (Å²) in [6.07, 6.45) is 0. The maximum atomic E-state index is 11.7. The number of carbonyl (C=O) groups excluding carboxylic acids is 1. The molecule has 0 bridgehead atoms. The van der Waals surface area contributed by atoms with E-state index in [9.17, 15) is 4.79 Å². The predicted octanol–water partition coefficient (Wildman–Crippen LogP) is 3.63. The zero-order valence-corrected chi connectivity index (χ0v) is 18.8. The van der Waals surface area contributed by atoms with Gasteiger partial charge in [0.1, 0.15) is 0 Å². The van der Waals surface area contributed by atoms with Gasteiger partial charge in [-0.3, -0.25) is 0 Å². The Kier molecular flexibility index (Phi) is 6.95. The number of carbonyl (C=O) groups is 1. The second kappa shape index (κ2) is 8.47. The third-order valence-corrected chi connectivity index (χ3v) is 9.93. The highest BCUT2D eigenvalue weighted by Crippen LogP contribution is 2.38. The molecule has 0 aromatic heterocycles. The Labute approximate surface area is 165 Å². The van der Waals surface area contributed by atoms with Crippen LogP contribution >= 0.6 is 0 Å². The molecule has 1 heterocycles. The molecule has 0 saturated carbocycles. The molecule has 1 fully saturated rings. The minimum Gasteiger partial charge on any atom is -0.462 e. The van der Waals surface area contributed by atoms with Crippen LogP contribution in [0.15, 0.2) is 24.3 Å². The number of rotatable bonds is 6. The number of hydrogen-bond acceptors (Lipinski definition) is 5. The zero-order valence-electron chi connectivity index (χ0n) is 17.8. The molecule has 0 N–H and O–H groups in total. The summed E-state index contributed by atoms with van der Waals surface area (Å²) in [7, 11) is -2.21. The largest absolute Gasteiger partial charge is 0.493 e. The molecule has 7 heteroatoms. The lowest BCUT2D eigenvalue weighted by Gasteiger charge is -2.42. The summed E-state index contributed by atoms with van der Waals surface area (Å²) in [5.41, 5.74) is 1.27. The molecule has 0 atom stereocenters. The van der Waals surface area contributed by atoms with Gasteiger partial charge in [0.2, 0.25) is 0 Å². The summed E-state index contributed by atoms with van der Waals surface area (Å²) in [6.45, 7) is 17.3. The molecule has 2 rings (SSSR count). The van der Waals surface area contributed by atoms with Gasteiger partial charge in [-0.1, -0.05) is 39.8 Å². The van der Waals surface area contributed by atoms with E-state index in [-0.39, 0.29) is 16.4 Å². The molecule has 5 nitrogen and oxygen atoms in total. The highest BCUT2D eigenvalue weighted by molar-refractivity contribution is 6.74. The second-order valence-corrected chi connectivity index (χ2v) is 14.0. The van der Waals surface area contributed by atoms with Crippen molar-refractivity contribution in [2.45, 2.75) is 52.8 Å². The topological polar surface area (TPSA) is 54.0 Å². The minimum atomic E-state index is -1.80. The van der Waals surface area contributed by atoms with E-state index >= 15 is 0 Å². The molecular formula is C20H33BO5Si. The molecule has 0 amide bonds. The van der Waals surface area contributed by atoms with Gasteiger partial charge in [-0.05, 0) is 42.7 Å². The Morgan fingerprint density at radius 2 is 1.74 bits per heavy atom. The van der Waals surface area contributed by atoms with Crippen LogP contribution in [0.1, 0.15) is 45.0 Å². The fourth-order valence-electron chi connectivity index (χ4n) is 2.48. The SMILES string of the molecule is CCOC(=O)c1ccc(B2OCC(C)(CO[Si](C)(C)C(C)(C)C)CO2)cc1. The fourth-order valence-corrected chi connectivity index (χ4v) is 3.62. The second-order valence-electron chi connectivity index (χ2n) is 9.16. The van der Waals surface area contributed by atoms with E-state index in [1.807, 2.05) is 12.1 Å². The zero-order chi connectivity index (χ0) is 20.3. The van der Waals surface area contributed by atoms with E-state index in [1.165, 1.54) is 0 Å². The summed E-state index contributed by atoms with van der Waals surface area (Å²) in [5, 5.41) is 0.183. The third kappa shape index (κ3) is 5.67. The summed E-state index contributed by atoms with van der Waals surface area (Å²) >= 11 is 0. The summed E-state index contributed by atoms with van der Waals surface area (Å²) in [5.74, 6) is -0.315. The molecule has 1 saturated heterocycles. The van der Waals surface area contributed by atoms with Crippen molar-refractivity contribution < 1.29 is 23.3 Å². The van der Waals surface area contributed by atoms with Crippen LogP contribution in [0.2, 0.25) is 18.1 Å². The van der Waals surface area contributed by atoms with Crippen LogP contribution in [0.4, 0.5) is 0 Å². The summed E-state index contributed by atoms with van der Waals surface area (Å²) < 4.78 is 23.3. The van der Waals surface area contributed by atoms with Gasteiger partial charge in [0.15, 0.2) is 8.32 Å². The van der Waals surface area contributed by atoms with E-state index in [0.717, 1.165) is 5.46 Å². The van der Waals surface area contributed by atoms with Crippen molar-refractivity contribution in [3.8, 4) is 0 Å². The van der Waals surface area contributed by atoms with Gasteiger partial charge in [-0.2, -0.15) is 0 Å². The van der Waals surface area contributed by atoms with E-state index in [0.29, 0.717) is 32.0 Å². The number of esters is 1. The standard InChI is InChI=1S/C20H33BO5Si/c1-8-23-18(22)16-9-11-17(12-10-16)21-24-13-20(5,14-25-21)15-26-27(6,7)19(2,3)4/h9-12H,8,13-15H2,1-7H3. The first-order valence-electron chi connectivity index (χ1n) is 9.62. The van der Waals surface area contributed by atoms with Crippen molar-refractivity contribution in [3.05, 3.63) is 29.8 Å².